The van der Waals surface area contributed by atoms with Gasteiger partial charge in [0.05, 0.1) is 58.0 Å². The molecule has 2 aromatic carbocycles. The van der Waals surface area contributed by atoms with Crippen molar-refractivity contribution in [3.05, 3.63) is 73.6 Å². The van der Waals surface area contributed by atoms with E-state index in [1.165, 1.54) is 11.1 Å². The van der Waals surface area contributed by atoms with Gasteiger partial charge in [0.1, 0.15) is 11.5 Å². The van der Waals surface area contributed by atoms with Gasteiger partial charge in [-0.3, -0.25) is 19.2 Å². The average molecular weight is 717 g/mol. The number of hydrogen-bond donors (Lipinski definition) is 0. The lowest BCUT2D eigenvalue weighted by Crippen LogP contribution is -2.41. The first-order valence-electron chi connectivity index (χ1n) is 18.9. The molecule has 2 fully saturated rings. The molecule has 0 radical (unpaired) electrons. The van der Waals surface area contributed by atoms with E-state index in [1.807, 2.05) is 20.8 Å². The summed E-state index contributed by atoms with van der Waals surface area (Å²) in [5.74, 6) is -0.900. The number of amides is 2. The van der Waals surface area contributed by atoms with Crippen molar-refractivity contribution >= 4 is 17.8 Å². The highest BCUT2D eigenvalue weighted by Gasteiger charge is 2.48. The minimum absolute atomic E-state index is 0.103. The second-order valence-electron chi connectivity index (χ2n) is 14.8. The van der Waals surface area contributed by atoms with Crippen LogP contribution in [0.4, 0.5) is 0 Å². The molecule has 4 heterocycles. The van der Waals surface area contributed by atoms with E-state index in [0.29, 0.717) is 64.0 Å². The Hall–Kier alpha value is -4.22. The van der Waals surface area contributed by atoms with Gasteiger partial charge in [0.2, 0.25) is 5.88 Å². The molecule has 0 unspecified atom stereocenters. The lowest BCUT2D eigenvalue weighted by molar-refractivity contribution is -0.145. The van der Waals surface area contributed by atoms with Crippen molar-refractivity contribution in [2.45, 2.75) is 107 Å². The molecule has 0 spiro atoms. The van der Waals surface area contributed by atoms with E-state index in [-0.39, 0.29) is 23.3 Å². The van der Waals surface area contributed by atoms with Crippen LogP contribution in [0, 0.1) is 19.3 Å². The minimum Gasteiger partial charge on any atom is -0.407 e. The van der Waals surface area contributed by atoms with Crippen molar-refractivity contribution in [1.29, 1.82) is 0 Å². The van der Waals surface area contributed by atoms with Gasteiger partial charge in [-0.2, -0.15) is 0 Å². The molecule has 282 valence electrons. The van der Waals surface area contributed by atoms with Gasteiger partial charge < -0.3 is 14.2 Å². The summed E-state index contributed by atoms with van der Waals surface area (Å²) in [6.45, 7) is 21.6. The maximum Gasteiger partial charge on any atom is 0.317 e. The van der Waals surface area contributed by atoms with Gasteiger partial charge >= 0.3 is 5.97 Å². The third-order valence-electron chi connectivity index (χ3n) is 10.1. The molecule has 1 aromatic heterocycles. The lowest BCUT2D eigenvalue weighted by Gasteiger charge is -2.23. The summed E-state index contributed by atoms with van der Waals surface area (Å²) in [4.78, 5) is 52.2. The summed E-state index contributed by atoms with van der Waals surface area (Å²) in [6, 6.07) is 8.47. The Kier molecular flexibility index (Phi) is 12.2. The Labute approximate surface area is 307 Å². The number of nitrogens with zero attached hydrogens (tertiary/aromatic N) is 4. The van der Waals surface area contributed by atoms with Crippen LogP contribution in [0.3, 0.4) is 0 Å². The van der Waals surface area contributed by atoms with Crippen LogP contribution in [0.1, 0.15) is 93.3 Å². The Morgan fingerprint density at radius 1 is 0.673 bits per heavy atom. The highest BCUT2D eigenvalue weighted by molar-refractivity contribution is 6.10. The molecule has 0 atom stereocenters. The highest BCUT2D eigenvalue weighted by atomic mass is 16.5. The van der Waals surface area contributed by atoms with Gasteiger partial charge in [-0.05, 0) is 93.7 Å². The molecule has 52 heavy (non-hydrogen) atoms. The van der Waals surface area contributed by atoms with E-state index in [0.717, 1.165) is 59.1 Å². The van der Waals surface area contributed by atoms with Crippen LogP contribution in [0.15, 0.2) is 29.1 Å². The SMILES string of the molecule is CCc1cc(C)cc(CC)c1-c1c(OC(=O)C(C)(C)C)n2n(c1=O)CCOCC2.CCc1cc(C)cc(CC)c1C1C(=O)N2CCOCCN2C1=O. The molecule has 0 aliphatic carbocycles. The topological polar surface area (TPSA) is 112 Å². The first kappa shape index (κ1) is 39.0. The van der Waals surface area contributed by atoms with Crippen LogP contribution >= 0.6 is 0 Å². The molecule has 0 N–H and O–H groups in total. The van der Waals surface area contributed by atoms with Crippen molar-refractivity contribution in [2.24, 2.45) is 5.41 Å². The van der Waals surface area contributed by atoms with Crippen molar-refractivity contribution in [3.8, 4) is 17.0 Å². The third kappa shape index (κ3) is 7.62. The van der Waals surface area contributed by atoms with Crippen LogP contribution in [-0.4, -0.2) is 76.7 Å². The summed E-state index contributed by atoms with van der Waals surface area (Å²) < 4.78 is 20.3. The maximum absolute atomic E-state index is 13.5. The predicted molar refractivity (Wildman–Crippen MR) is 200 cm³/mol. The first-order valence-corrected chi connectivity index (χ1v) is 18.9. The summed E-state index contributed by atoms with van der Waals surface area (Å²) in [5.41, 5.74) is 8.33. The van der Waals surface area contributed by atoms with Crippen LogP contribution < -0.4 is 10.3 Å². The number of aromatic nitrogens is 2. The third-order valence-corrected chi connectivity index (χ3v) is 10.1. The molecular formula is C41H56N4O7. The van der Waals surface area contributed by atoms with Gasteiger partial charge in [-0.25, -0.2) is 19.4 Å². The van der Waals surface area contributed by atoms with Crippen molar-refractivity contribution < 1.29 is 28.6 Å². The molecule has 11 heteroatoms. The number of esters is 1. The number of ether oxygens (including phenoxy) is 3. The van der Waals surface area contributed by atoms with E-state index >= 15 is 0 Å². The molecule has 3 aromatic rings. The molecule has 2 saturated heterocycles. The predicted octanol–water partition coefficient (Wildman–Crippen LogP) is 5.55. The zero-order chi connectivity index (χ0) is 37.9. The van der Waals surface area contributed by atoms with Gasteiger partial charge in [-0.1, -0.05) is 63.1 Å². The summed E-state index contributed by atoms with van der Waals surface area (Å²) in [6.07, 6.45) is 3.24. The number of hydrogen-bond acceptors (Lipinski definition) is 7. The zero-order valence-corrected chi connectivity index (χ0v) is 32.5. The van der Waals surface area contributed by atoms with Crippen molar-refractivity contribution in [1.82, 2.24) is 19.4 Å². The van der Waals surface area contributed by atoms with E-state index in [2.05, 4.69) is 65.8 Å². The van der Waals surface area contributed by atoms with E-state index in [9.17, 15) is 19.2 Å². The average Bonchev–Trinajstić information content (AvgIpc) is 3.34. The number of fused-ring (bicyclic) bond motifs is 2. The van der Waals surface area contributed by atoms with E-state index in [1.54, 1.807) is 19.4 Å². The smallest absolute Gasteiger partial charge is 0.317 e. The van der Waals surface area contributed by atoms with Gasteiger partial charge in [-0.15, -0.1) is 0 Å². The molecule has 11 nitrogen and oxygen atoms in total. The van der Waals surface area contributed by atoms with Crippen LogP contribution in [-0.2, 0) is 62.6 Å². The fourth-order valence-corrected chi connectivity index (χ4v) is 7.46. The van der Waals surface area contributed by atoms with E-state index in [4.69, 9.17) is 14.2 Å². The monoisotopic (exact) mass is 716 g/mol. The largest absolute Gasteiger partial charge is 0.407 e. The molecule has 3 aliphatic rings. The Balaban J connectivity index is 0.000000206. The maximum atomic E-state index is 13.5. The second-order valence-corrected chi connectivity index (χ2v) is 14.8. The quantitative estimate of drug-likeness (QED) is 0.233. The number of carbonyl (C=O) groups excluding carboxylic acids is 3. The van der Waals surface area contributed by atoms with Crippen molar-refractivity contribution in [2.75, 3.05) is 39.5 Å². The number of benzene rings is 2. The Morgan fingerprint density at radius 3 is 1.54 bits per heavy atom. The molecule has 2 amide bonds. The lowest BCUT2D eigenvalue weighted by atomic mass is 9.85. The fraction of sp³-hybridized carbons (Fsp3) is 0.561. The number of hydrazine groups is 1. The molecular weight excluding hydrogens is 660 g/mol. The number of aryl methyl sites for hydroxylation is 6. The number of rotatable bonds is 7. The molecule has 3 aliphatic heterocycles. The van der Waals surface area contributed by atoms with Gasteiger partial charge in [0, 0.05) is 0 Å². The summed E-state index contributed by atoms with van der Waals surface area (Å²) >= 11 is 0. The van der Waals surface area contributed by atoms with Crippen LogP contribution in [0.5, 0.6) is 5.88 Å². The Morgan fingerprint density at radius 2 is 1.10 bits per heavy atom. The first-order chi connectivity index (χ1) is 24.8. The second kappa shape index (κ2) is 16.2. The molecule has 6 rings (SSSR count). The number of carbonyl (C=O) groups is 3. The highest BCUT2D eigenvalue weighted by Crippen LogP contribution is 2.37. The summed E-state index contributed by atoms with van der Waals surface area (Å²) in [5, 5.41) is 3.16. The van der Waals surface area contributed by atoms with Gasteiger partial charge in [0.25, 0.3) is 17.4 Å². The summed E-state index contributed by atoms with van der Waals surface area (Å²) in [7, 11) is 0. The van der Waals surface area contributed by atoms with Gasteiger partial charge in [0.15, 0.2) is 0 Å². The van der Waals surface area contributed by atoms with E-state index < -0.39 is 11.3 Å². The Bertz CT molecular complexity index is 1810. The molecule has 0 bridgehead atoms. The molecule has 0 saturated carbocycles. The van der Waals surface area contributed by atoms with Crippen LogP contribution in [0.25, 0.3) is 11.1 Å². The van der Waals surface area contributed by atoms with Crippen LogP contribution in [0.2, 0.25) is 0 Å². The van der Waals surface area contributed by atoms with Crippen molar-refractivity contribution in [3.63, 3.8) is 0 Å². The normalized spacial score (nSPS) is 16.6. The standard InChI is InChI=1S/C23H32N2O4.C18H24N2O3/c1-7-16-13-15(3)14-17(8-2)18(16)19-20(26)24-9-11-28-12-10-25(24)21(19)29-22(27)23(4,5)6;1-4-13-10-12(3)11-14(5-2)15(13)16-17(21)19-6-8-23-9-7-20(19)18(16)22/h13-14H,7-12H2,1-6H3;10-11,16H,4-9H2,1-3H3. The minimum atomic E-state index is -0.682. The fourth-order valence-electron chi connectivity index (χ4n) is 7.46. The zero-order valence-electron chi connectivity index (χ0n) is 32.5.